The Labute approximate surface area is 148 Å². The van der Waals surface area contributed by atoms with Crippen LogP contribution >= 0.6 is 11.3 Å². The number of carbonyl (C=O) groups excluding carboxylic acids is 1. The summed E-state index contributed by atoms with van der Waals surface area (Å²) in [6.07, 6.45) is 5.27. The molecule has 4 nitrogen and oxygen atoms in total. The van der Waals surface area contributed by atoms with E-state index < -0.39 is 0 Å². The van der Waals surface area contributed by atoms with E-state index in [0.717, 1.165) is 44.0 Å². The maximum absolute atomic E-state index is 12.7. The van der Waals surface area contributed by atoms with Gasteiger partial charge in [0.2, 0.25) is 0 Å². The molecule has 2 heterocycles. The van der Waals surface area contributed by atoms with Gasteiger partial charge in [-0.05, 0) is 69.0 Å². The maximum Gasteiger partial charge on any atom is 0.254 e. The lowest BCUT2D eigenvalue weighted by atomic mass is 9.77. The monoisotopic (exact) mass is 348 g/mol. The van der Waals surface area contributed by atoms with Crippen LogP contribution in [0, 0.1) is 17.8 Å². The first kappa shape index (κ1) is 16.6. The molecule has 0 bridgehead atoms. The lowest BCUT2D eigenvalue weighted by Gasteiger charge is -2.41. The third kappa shape index (κ3) is 3.39. The summed E-state index contributed by atoms with van der Waals surface area (Å²) in [5, 5.41) is 3.95. The van der Waals surface area contributed by atoms with Crippen molar-refractivity contribution in [1.29, 1.82) is 0 Å². The Bertz CT molecular complexity index is 570. The van der Waals surface area contributed by atoms with E-state index in [-0.39, 0.29) is 5.91 Å². The highest BCUT2D eigenvalue weighted by atomic mass is 32.1. The molecule has 3 fully saturated rings. The number of amides is 1. The van der Waals surface area contributed by atoms with E-state index in [1.165, 1.54) is 12.8 Å². The highest BCUT2D eigenvalue weighted by Gasteiger charge is 2.45. The third-order valence-electron chi connectivity index (χ3n) is 6.05. The summed E-state index contributed by atoms with van der Waals surface area (Å²) in [5.41, 5.74) is 0.851. The summed E-state index contributed by atoms with van der Waals surface area (Å²) in [4.78, 5) is 17.1. The number of hydrogen-bond acceptors (Lipinski definition) is 4. The lowest BCUT2D eigenvalue weighted by Crippen LogP contribution is -2.48. The molecule has 3 aliphatic rings. The van der Waals surface area contributed by atoms with Crippen LogP contribution in [-0.4, -0.2) is 61.6 Å². The van der Waals surface area contributed by atoms with Crippen LogP contribution < -0.4 is 0 Å². The highest BCUT2D eigenvalue weighted by Crippen LogP contribution is 2.40. The Morgan fingerprint density at radius 1 is 1.29 bits per heavy atom. The molecule has 0 aromatic carbocycles. The highest BCUT2D eigenvalue weighted by molar-refractivity contribution is 7.08. The molecule has 0 radical (unpaired) electrons. The molecule has 2 saturated carbocycles. The van der Waals surface area contributed by atoms with Crippen molar-refractivity contribution in [3.05, 3.63) is 22.4 Å². The second-order valence-electron chi connectivity index (χ2n) is 8.06. The third-order valence-corrected chi connectivity index (χ3v) is 6.73. The van der Waals surface area contributed by atoms with Gasteiger partial charge in [0.15, 0.2) is 0 Å². The summed E-state index contributed by atoms with van der Waals surface area (Å²) in [6.45, 7) is 2.76. The molecule has 132 valence electrons. The van der Waals surface area contributed by atoms with Gasteiger partial charge < -0.3 is 14.5 Å². The fourth-order valence-corrected chi connectivity index (χ4v) is 5.02. The van der Waals surface area contributed by atoms with Crippen molar-refractivity contribution in [2.24, 2.45) is 17.8 Å². The fraction of sp³-hybridized carbons (Fsp3) is 0.737. The van der Waals surface area contributed by atoms with Gasteiger partial charge in [-0.15, -0.1) is 0 Å². The number of carbonyl (C=O) groups is 1. The van der Waals surface area contributed by atoms with Crippen LogP contribution in [0.1, 0.15) is 36.0 Å². The average molecular weight is 349 g/mol. The molecule has 1 aromatic rings. The van der Waals surface area contributed by atoms with Gasteiger partial charge in [0.1, 0.15) is 0 Å². The summed E-state index contributed by atoms with van der Waals surface area (Å²) < 4.78 is 6.31. The standard InChI is InChI=1S/C19H28N2O2S/c1-20(2)17-7-15-9-21(19(22)14-5-6-24-12-14)10-16(15)8-18(17)23-11-13-3-4-13/h5-6,12-13,15-18H,3-4,7-11H2,1-2H3/t15-,16+,17-,18-/m1/s1. The number of rotatable bonds is 5. The van der Waals surface area contributed by atoms with Gasteiger partial charge >= 0.3 is 0 Å². The largest absolute Gasteiger partial charge is 0.376 e. The molecule has 1 aliphatic heterocycles. The number of hydrogen-bond donors (Lipinski definition) is 0. The Kier molecular flexibility index (Phi) is 4.67. The van der Waals surface area contributed by atoms with Gasteiger partial charge in [-0.1, -0.05) is 0 Å². The van der Waals surface area contributed by atoms with Gasteiger partial charge in [0.25, 0.3) is 5.91 Å². The number of likely N-dealkylation sites (N-methyl/N-ethyl adjacent to an activating group) is 1. The van der Waals surface area contributed by atoms with Crippen molar-refractivity contribution in [1.82, 2.24) is 9.80 Å². The number of fused-ring (bicyclic) bond motifs is 1. The summed E-state index contributed by atoms with van der Waals surface area (Å²) in [6, 6.07) is 2.43. The molecule has 24 heavy (non-hydrogen) atoms. The van der Waals surface area contributed by atoms with E-state index in [0.29, 0.717) is 24.0 Å². The Morgan fingerprint density at radius 3 is 2.67 bits per heavy atom. The second kappa shape index (κ2) is 6.77. The Balaban J connectivity index is 1.41. The molecule has 0 unspecified atom stereocenters. The van der Waals surface area contributed by atoms with E-state index in [4.69, 9.17) is 4.74 Å². The van der Waals surface area contributed by atoms with E-state index in [2.05, 4.69) is 23.9 Å². The first-order chi connectivity index (χ1) is 11.6. The van der Waals surface area contributed by atoms with Gasteiger partial charge in [0.05, 0.1) is 11.7 Å². The minimum absolute atomic E-state index is 0.211. The van der Waals surface area contributed by atoms with Crippen LogP contribution in [0.15, 0.2) is 16.8 Å². The topological polar surface area (TPSA) is 32.8 Å². The predicted molar refractivity (Wildman–Crippen MR) is 96.4 cm³/mol. The smallest absolute Gasteiger partial charge is 0.254 e. The Morgan fingerprint density at radius 2 is 2.04 bits per heavy atom. The van der Waals surface area contributed by atoms with Crippen LogP contribution in [0.2, 0.25) is 0 Å². The molecule has 4 atom stereocenters. The van der Waals surface area contributed by atoms with E-state index in [1.54, 1.807) is 11.3 Å². The van der Waals surface area contributed by atoms with Crippen molar-refractivity contribution in [3.8, 4) is 0 Å². The summed E-state index contributed by atoms with van der Waals surface area (Å²) in [7, 11) is 4.34. The van der Waals surface area contributed by atoms with Crippen molar-refractivity contribution in [2.45, 2.75) is 37.8 Å². The lowest BCUT2D eigenvalue weighted by molar-refractivity contribution is -0.0493. The molecule has 0 N–H and O–H groups in total. The van der Waals surface area contributed by atoms with Crippen LogP contribution in [0.3, 0.4) is 0 Å². The van der Waals surface area contributed by atoms with Crippen LogP contribution in [-0.2, 0) is 4.74 Å². The van der Waals surface area contributed by atoms with Crippen molar-refractivity contribution >= 4 is 17.2 Å². The molecule has 5 heteroatoms. The van der Waals surface area contributed by atoms with E-state index in [9.17, 15) is 4.79 Å². The van der Waals surface area contributed by atoms with Gasteiger partial charge in [-0.3, -0.25) is 4.79 Å². The van der Waals surface area contributed by atoms with Crippen molar-refractivity contribution in [3.63, 3.8) is 0 Å². The molecule has 0 spiro atoms. The zero-order chi connectivity index (χ0) is 16.7. The maximum atomic E-state index is 12.7. The van der Waals surface area contributed by atoms with Crippen LogP contribution in [0.25, 0.3) is 0 Å². The Hall–Kier alpha value is -0.910. The zero-order valence-electron chi connectivity index (χ0n) is 14.7. The first-order valence-electron chi connectivity index (χ1n) is 9.21. The summed E-state index contributed by atoms with van der Waals surface area (Å²) >= 11 is 1.60. The van der Waals surface area contributed by atoms with Crippen molar-refractivity contribution in [2.75, 3.05) is 33.8 Å². The second-order valence-corrected chi connectivity index (χ2v) is 8.84. The predicted octanol–water partition coefficient (Wildman–Crippen LogP) is 2.96. The molecule has 2 aliphatic carbocycles. The van der Waals surface area contributed by atoms with Crippen LogP contribution in [0.5, 0.6) is 0 Å². The molecule has 4 rings (SSSR count). The van der Waals surface area contributed by atoms with E-state index in [1.807, 2.05) is 16.8 Å². The fourth-order valence-electron chi connectivity index (χ4n) is 4.39. The normalized spacial score (nSPS) is 33.0. The quantitative estimate of drug-likeness (QED) is 0.820. The minimum Gasteiger partial charge on any atom is -0.376 e. The van der Waals surface area contributed by atoms with E-state index >= 15 is 0 Å². The van der Waals surface area contributed by atoms with Crippen LogP contribution in [0.4, 0.5) is 0 Å². The molecular weight excluding hydrogens is 320 g/mol. The summed E-state index contributed by atoms with van der Waals surface area (Å²) in [5.74, 6) is 2.25. The molecular formula is C19H28N2O2S. The number of likely N-dealkylation sites (tertiary alicyclic amines) is 1. The average Bonchev–Trinajstić information content (AvgIpc) is 3.08. The first-order valence-corrected chi connectivity index (χ1v) is 10.2. The van der Waals surface area contributed by atoms with Crippen molar-refractivity contribution < 1.29 is 9.53 Å². The molecule has 1 saturated heterocycles. The number of nitrogens with zero attached hydrogens (tertiary/aromatic N) is 2. The number of ether oxygens (including phenoxy) is 1. The molecule has 1 amide bonds. The number of thiophene rings is 1. The van der Waals surface area contributed by atoms with Gasteiger partial charge in [-0.25, -0.2) is 0 Å². The zero-order valence-corrected chi connectivity index (χ0v) is 15.5. The molecule has 1 aromatic heterocycles. The minimum atomic E-state index is 0.211. The SMILES string of the molecule is CN(C)[C@@H]1C[C@@H]2CN(C(=O)c3ccsc3)C[C@@H]2C[C@H]1OCC1CC1. The van der Waals surface area contributed by atoms with Gasteiger partial charge in [0, 0.05) is 31.1 Å². The van der Waals surface area contributed by atoms with Gasteiger partial charge in [-0.2, -0.15) is 11.3 Å².